The van der Waals surface area contributed by atoms with Gasteiger partial charge in [0.1, 0.15) is 6.61 Å². The minimum atomic E-state index is 0.417. The van der Waals surface area contributed by atoms with Crippen LogP contribution in [0.2, 0.25) is 0 Å². The molecule has 1 unspecified atom stereocenters. The van der Waals surface area contributed by atoms with Gasteiger partial charge >= 0.3 is 0 Å². The highest BCUT2D eigenvalue weighted by Crippen LogP contribution is 1.91. The molecule has 0 aliphatic carbocycles. The number of hydrogen-bond donors (Lipinski definition) is 1. The molecule has 10 heavy (non-hydrogen) atoms. The number of hydroxylamine groups is 1. The first-order chi connectivity index (χ1) is 4.81. The molecule has 0 rings (SSSR count). The summed E-state index contributed by atoms with van der Waals surface area (Å²) in [6.07, 6.45) is 2.86. The zero-order valence-corrected chi connectivity index (χ0v) is 6.92. The van der Waals surface area contributed by atoms with Crippen molar-refractivity contribution in [1.29, 1.82) is 0 Å². The van der Waals surface area contributed by atoms with E-state index in [0.717, 1.165) is 6.42 Å². The van der Waals surface area contributed by atoms with Crippen LogP contribution in [0.15, 0.2) is 4.99 Å². The highest BCUT2D eigenvalue weighted by Gasteiger charge is 1.89. The molecule has 0 aromatic heterocycles. The SMILES string of the molecule is CCC(C)N=CCONC. The molecule has 3 nitrogen and oxygen atoms in total. The summed E-state index contributed by atoms with van der Waals surface area (Å²) in [5.74, 6) is 0. The molecule has 3 heteroatoms. The fraction of sp³-hybridized carbons (Fsp3) is 0.857. The lowest BCUT2D eigenvalue weighted by atomic mass is 10.3. The lowest BCUT2D eigenvalue weighted by Crippen LogP contribution is -2.09. The predicted molar refractivity (Wildman–Crippen MR) is 43.3 cm³/mol. The van der Waals surface area contributed by atoms with E-state index >= 15 is 0 Å². The first-order valence-corrected chi connectivity index (χ1v) is 3.61. The van der Waals surface area contributed by atoms with Crippen molar-refractivity contribution in [1.82, 2.24) is 5.48 Å². The smallest absolute Gasteiger partial charge is 0.103 e. The highest BCUT2D eigenvalue weighted by molar-refractivity contribution is 5.58. The maximum absolute atomic E-state index is 4.83. The fourth-order valence-corrected chi connectivity index (χ4v) is 0.449. The molecule has 0 saturated carbocycles. The van der Waals surface area contributed by atoms with Crippen LogP contribution >= 0.6 is 0 Å². The van der Waals surface area contributed by atoms with E-state index in [0.29, 0.717) is 12.6 Å². The third-order valence-corrected chi connectivity index (χ3v) is 1.25. The fourth-order valence-electron chi connectivity index (χ4n) is 0.449. The summed E-state index contributed by atoms with van der Waals surface area (Å²) in [5, 5.41) is 0. The number of nitrogens with zero attached hydrogens (tertiary/aromatic N) is 1. The molecule has 60 valence electrons. The van der Waals surface area contributed by atoms with Crippen LogP contribution in [-0.2, 0) is 4.84 Å². The van der Waals surface area contributed by atoms with Crippen LogP contribution < -0.4 is 5.48 Å². The van der Waals surface area contributed by atoms with Gasteiger partial charge in [0.15, 0.2) is 0 Å². The molecule has 0 aromatic carbocycles. The summed E-state index contributed by atoms with van der Waals surface area (Å²) in [5.41, 5.74) is 2.57. The van der Waals surface area contributed by atoms with E-state index in [9.17, 15) is 0 Å². The summed E-state index contributed by atoms with van der Waals surface area (Å²) in [7, 11) is 1.73. The Morgan fingerprint density at radius 1 is 1.70 bits per heavy atom. The second-order valence-corrected chi connectivity index (χ2v) is 2.10. The molecule has 1 N–H and O–H groups in total. The van der Waals surface area contributed by atoms with Crippen molar-refractivity contribution in [2.24, 2.45) is 4.99 Å². The molecular weight excluding hydrogens is 128 g/mol. The Morgan fingerprint density at radius 2 is 2.40 bits per heavy atom. The van der Waals surface area contributed by atoms with Crippen molar-refractivity contribution in [3.8, 4) is 0 Å². The van der Waals surface area contributed by atoms with Gasteiger partial charge in [0.05, 0.1) is 0 Å². The minimum absolute atomic E-state index is 0.417. The van der Waals surface area contributed by atoms with Gasteiger partial charge in [0.25, 0.3) is 0 Å². The zero-order chi connectivity index (χ0) is 7.82. The second kappa shape index (κ2) is 6.71. The van der Waals surface area contributed by atoms with E-state index in [2.05, 4.69) is 24.3 Å². The van der Waals surface area contributed by atoms with Gasteiger partial charge in [-0.25, -0.2) is 5.48 Å². The lowest BCUT2D eigenvalue weighted by Gasteiger charge is -1.99. The Hall–Kier alpha value is -0.410. The Labute approximate surface area is 62.4 Å². The average Bonchev–Trinajstić information content (AvgIpc) is 1.98. The van der Waals surface area contributed by atoms with Gasteiger partial charge in [-0.3, -0.25) is 9.83 Å². The summed E-state index contributed by atoms with van der Waals surface area (Å²) in [6, 6.07) is 0.417. The van der Waals surface area contributed by atoms with Gasteiger partial charge in [0.2, 0.25) is 0 Å². The van der Waals surface area contributed by atoms with Crippen molar-refractivity contribution in [3.05, 3.63) is 0 Å². The van der Waals surface area contributed by atoms with Crippen molar-refractivity contribution < 1.29 is 4.84 Å². The van der Waals surface area contributed by atoms with E-state index in [1.165, 1.54) is 0 Å². The largest absolute Gasteiger partial charge is 0.296 e. The van der Waals surface area contributed by atoms with E-state index in [1.807, 2.05) is 0 Å². The van der Waals surface area contributed by atoms with Crippen LogP contribution in [0.25, 0.3) is 0 Å². The Morgan fingerprint density at radius 3 is 2.90 bits per heavy atom. The van der Waals surface area contributed by atoms with Gasteiger partial charge in [-0.2, -0.15) is 0 Å². The molecular formula is C7H16N2O. The van der Waals surface area contributed by atoms with Gasteiger partial charge in [-0.1, -0.05) is 6.92 Å². The molecule has 1 atom stereocenters. The van der Waals surface area contributed by atoms with E-state index in [4.69, 9.17) is 4.84 Å². The molecule has 0 spiro atoms. The summed E-state index contributed by atoms with van der Waals surface area (Å²) in [4.78, 5) is 9.02. The maximum Gasteiger partial charge on any atom is 0.103 e. The number of aliphatic imine (C=N–C) groups is 1. The summed E-state index contributed by atoms with van der Waals surface area (Å²) >= 11 is 0. The first-order valence-electron chi connectivity index (χ1n) is 3.61. The standard InChI is InChI=1S/C7H16N2O/c1-4-7(2)9-5-6-10-8-3/h5,7-8H,4,6H2,1-3H3. The van der Waals surface area contributed by atoms with Crippen LogP contribution in [-0.4, -0.2) is 25.9 Å². The summed E-state index contributed by atoms with van der Waals surface area (Å²) in [6.45, 7) is 4.73. The van der Waals surface area contributed by atoms with Crippen molar-refractivity contribution in [2.45, 2.75) is 26.3 Å². The van der Waals surface area contributed by atoms with E-state index in [-0.39, 0.29) is 0 Å². The highest BCUT2D eigenvalue weighted by atomic mass is 16.6. The molecule has 0 heterocycles. The van der Waals surface area contributed by atoms with Crippen LogP contribution in [0.1, 0.15) is 20.3 Å². The second-order valence-electron chi connectivity index (χ2n) is 2.10. The van der Waals surface area contributed by atoms with Crippen molar-refractivity contribution >= 4 is 6.21 Å². The van der Waals surface area contributed by atoms with Crippen LogP contribution in [0.4, 0.5) is 0 Å². The predicted octanol–water partition coefficient (Wildman–Crippen LogP) is 1.01. The molecule has 0 fully saturated rings. The van der Waals surface area contributed by atoms with Crippen LogP contribution in [0.3, 0.4) is 0 Å². The average molecular weight is 144 g/mol. The maximum atomic E-state index is 4.83. The molecule has 0 saturated heterocycles. The molecule has 0 radical (unpaired) electrons. The topological polar surface area (TPSA) is 33.6 Å². The summed E-state index contributed by atoms with van der Waals surface area (Å²) < 4.78 is 0. The van der Waals surface area contributed by atoms with E-state index in [1.54, 1.807) is 13.3 Å². The third kappa shape index (κ3) is 5.72. The van der Waals surface area contributed by atoms with Gasteiger partial charge in [0, 0.05) is 19.3 Å². The molecule has 0 aliphatic heterocycles. The zero-order valence-electron chi connectivity index (χ0n) is 6.92. The monoisotopic (exact) mass is 144 g/mol. The van der Waals surface area contributed by atoms with Crippen LogP contribution in [0.5, 0.6) is 0 Å². The first kappa shape index (κ1) is 9.59. The Balaban J connectivity index is 3.18. The van der Waals surface area contributed by atoms with Gasteiger partial charge < -0.3 is 0 Å². The number of hydrogen-bond acceptors (Lipinski definition) is 3. The van der Waals surface area contributed by atoms with Crippen molar-refractivity contribution in [2.75, 3.05) is 13.7 Å². The number of nitrogens with one attached hydrogen (secondary N) is 1. The quantitative estimate of drug-likeness (QED) is 0.355. The minimum Gasteiger partial charge on any atom is -0.296 e. The Bertz CT molecular complexity index is 93.6. The Kier molecular flexibility index (Phi) is 6.43. The molecule has 0 aromatic rings. The van der Waals surface area contributed by atoms with Crippen LogP contribution in [0, 0.1) is 0 Å². The molecule has 0 amide bonds. The van der Waals surface area contributed by atoms with E-state index < -0.39 is 0 Å². The third-order valence-electron chi connectivity index (χ3n) is 1.25. The molecule has 0 aliphatic rings. The molecule has 0 bridgehead atoms. The number of rotatable bonds is 5. The van der Waals surface area contributed by atoms with Gasteiger partial charge in [-0.15, -0.1) is 0 Å². The lowest BCUT2D eigenvalue weighted by molar-refractivity contribution is 0.0910. The van der Waals surface area contributed by atoms with Gasteiger partial charge in [-0.05, 0) is 13.3 Å². The normalized spacial score (nSPS) is 14.3. The van der Waals surface area contributed by atoms with Crippen molar-refractivity contribution in [3.63, 3.8) is 0 Å².